The summed E-state index contributed by atoms with van der Waals surface area (Å²) in [5.41, 5.74) is 1.14. The first-order valence-corrected chi connectivity index (χ1v) is 5.30. The van der Waals surface area contributed by atoms with Crippen molar-refractivity contribution in [1.82, 2.24) is 15.1 Å². The summed E-state index contributed by atoms with van der Waals surface area (Å²) in [4.78, 5) is 0. The predicted molar refractivity (Wildman–Crippen MR) is 59.1 cm³/mol. The van der Waals surface area contributed by atoms with Crippen molar-refractivity contribution in [3.05, 3.63) is 18.0 Å². The molecule has 0 aliphatic rings. The minimum atomic E-state index is 0.232. The highest BCUT2D eigenvalue weighted by Gasteiger charge is 2.13. The Balaban J connectivity index is 2.59. The summed E-state index contributed by atoms with van der Waals surface area (Å²) < 4.78 is 1.86. The Labute approximate surface area is 90.9 Å². The molecule has 15 heavy (non-hydrogen) atoms. The van der Waals surface area contributed by atoms with Gasteiger partial charge < -0.3 is 5.32 Å². The van der Waals surface area contributed by atoms with E-state index in [1.807, 2.05) is 17.8 Å². The van der Waals surface area contributed by atoms with Crippen LogP contribution in [-0.4, -0.2) is 15.8 Å². The topological polar surface area (TPSA) is 53.6 Å². The molecule has 1 aromatic heterocycles. The third kappa shape index (κ3) is 3.07. The Kier molecular flexibility index (Phi) is 4.32. The molecule has 1 aromatic rings. The fraction of sp³-hybridized carbons (Fsp3) is 0.636. The SMILES string of the molecule is CCC(CC#N)NC(C)c1ccnn1C. The summed E-state index contributed by atoms with van der Waals surface area (Å²) >= 11 is 0. The Morgan fingerprint density at radius 1 is 1.67 bits per heavy atom. The minimum absolute atomic E-state index is 0.232. The molecule has 2 atom stereocenters. The standard InChI is InChI=1S/C11H18N4/c1-4-10(5-7-12)14-9(2)11-6-8-13-15(11)3/h6,8-10,14H,4-5H2,1-3H3. The van der Waals surface area contributed by atoms with E-state index in [2.05, 4.69) is 30.3 Å². The molecule has 0 spiro atoms. The van der Waals surface area contributed by atoms with Gasteiger partial charge in [0.25, 0.3) is 0 Å². The average molecular weight is 206 g/mol. The van der Waals surface area contributed by atoms with Gasteiger partial charge >= 0.3 is 0 Å². The maximum Gasteiger partial charge on any atom is 0.0638 e. The lowest BCUT2D eigenvalue weighted by Crippen LogP contribution is -2.31. The number of aryl methyl sites for hydroxylation is 1. The second-order valence-electron chi connectivity index (χ2n) is 3.74. The van der Waals surface area contributed by atoms with Crippen molar-refractivity contribution in [3.63, 3.8) is 0 Å². The molecular weight excluding hydrogens is 188 g/mol. The molecule has 1 rings (SSSR count). The van der Waals surface area contributed by atoms with Crippen LogP contribution >= 0.6 is 0 Å². The van der Waals surface area contributed by atoms with Crippen LogP contribution < -0.4 is 5.32 Å². The molecule has 1 heterocycles. The van der Waals surface area contributed by atoms with Crippen LogP contribution in [0, 0.1) is 11.3 Å². The highest BCUT2D eigenvalue weighted by molar-refractivity contribution is 5.05. The van der Waals surface area contributed by atoms with Crippen LogP contribution in [0.15, 0.2) is 12.3 Å². The van der Waals surface area contributed by atoms with Gasteiger partial charge in [0.05, 0.1) is 18.2 Å². The smallest absolute Gasteiger partial charge is 0.0638 e. The molecule has 0 amide bonds. The van der Waals surface area contributed by atoms with Gasteiger partial charge in [0.1, 0.15) is 0 Å². The van der Waals surface area contributed by atoms with Crippen molar-refractivity contribution in [2.45, 2.75) is 38.8 Å². The van der Waals surface area contributed by atoms with E-state index in [4.69, 9.17) is 5.26 Å². The Bertz CT molecular complexity index is 337. The summed E-state index contributed by atoms with van der Waals surface area (Å²) in [5, 5.41) is 16.2. The van der Waals surface area contributed by atoms with Crippen LogP contribution in [0.25, 0.3) is 0 Å². The zero-order valence-corrected chi connectivity index (χ0v) is 9.57. The number of nitrogens with one attached hydrogen (secondary N) is 1. The molecule has 0 aromatic carbocycles. The summed E-state index contributed by atoms with van der Waals surface area (Å²) in [7, 11) is 1.93. The van der Waals surface area contributed by atoms with E-state index in [9.17, 15) is 0 Å². The molecule has 4 nitrogen and oxygen atoms in total. The van der Waals surface area contributed by atoms with Crippen molar-refractivity contribution in [1.29, 1.82) is 5.26 Å². The van der Waals surface area contributed by atoms with Crippen LogP contribution in [0.4, 0.5) is 0 Å². The van der Waals surface area contributed by atoms with Crippen LogP contribution in [0.1, 0.15) is 38.4 Å². The molecular formula is C11H18N4. The molecule has 0 aliphatic heterocycles. The molecule has 0 radical (unpaired) electrons. The van der Waals surface area contributed by atoms with E-state index in [1.165, 1.54) is 0 Å². The third-order valence-corrected chi connectivity index (χ3v) is 2.62. The monoisotopic (exact) mass is 206 g/mol. The minimum Gasteiger partial charge on any atom is -0.305 e. The number of nitriles is 1. The molecule has 0 saturated heterocycles. The van der Waals surface area contributed by atoms with Crippen LogP contribution in [-0.2, 0) is 7.05 Å². The lowest BCUT2D eigenvalue weighted by molar-refractivity contribution is 0.431. The fourth-order valence-corrected chi connectivity index (χ4v) is 1.68. The second kappa shape index (κ2) is 5.52. The van der Waals surface area contributed by atoms with E-state index in [0.717, 1.165) is 12.1 Å². The zero-order valence-electron chi connectivity index (χ0n) is 9.57. The fourth-order valence-electron chi connectivity index (χ4n) is 1.68. The van der Waals surface area contributed by atoms with E-state index >= 15 is 0 Å². The molecule has 2 unspecified atom stereocenters. The van der Waals surface area contributed by atoms with Gasteiger partial charge in [-0.25, -0.2) is 0 Å². The van der Waals surface area contributed by atoms with Crippen LogP contribution in [0.5, 0.6) is 0 Å². The van der Waals surface area contributed by atoms with Gasteiger partial charge in [-0.15, -0.1) is 0 Å². The largest absolute Gasteiger partial charge is 0.305 e. The van der Waals surface area contributed by atoms with Gasteiger partial charge in [-0.05, 0) is 19.4 Å². The maximum atomic E-state index is 8.66. The number of rotatable bonds is 5. The second-order valence-corrected chi connectivity index (χ2v) is 3.74. The summed E-state index contributed by atoms with van der Waals surface area (Å²) in [6.45, 7) is 4.18. The van der Waals surface area contributed by atoms with Gasteiger partial charge in [0.2, 0.25) is 0 Å². The summed E-state index contributed by atoms with van der Waals surface area (Å²) in [6.07, 6.45) is 3.31. The predicted octanol–water partition coefficient (Wildman–Crippen LogP) is 1.76. The molecule has 0 aliphatic carbocycles. The maximum absolute atomic E-state index is 8.66. The third-order valence-electron chi connectivity index (χ3n) is 2.62. The molecule has 1 N–H and O–H groups in total. The van der Waals surface area contributed by atoms with Crippen molar-refractivity contribution in [2.24, 2.45) is 7.05 Å². The summed E-state index contributed by atoms with van der Waals surface area (Å²) in [6, 6.07) is 4.69. The van der Waals surface area contributed by atoms with E-state index in [0.29, 0.717) is 6.42 Å². The number of hydrogen-bond acceptors (Lipinski definition) is 3. The highest BCUT2D eigenvalue weighted by Crippen LogP contribution is 2.12. The quantitative estimate of drug-likeness (QED) is 0.798. The Morgan fingerprint density at radius 3 is 2.87 bits per heavy atom. The number of aromatic nitrogens is 2. The van der Waals surface area contributed by atoms with E-state index in [-0.39, 0.29) is 12.1 Å². The first kappa shape index (κ1) is 11.7. The lowest BCUT2D eigenvalue weighted by Gasteiger charge is -2.20. The number of nitrogens with zero attached hydrogens (tertiary/aromatic N) is 3. The van der Waals surface area contributed by atoms with Crippen LogP contribution in [0.3, 0.4) is 0 Å². The molecule has 82 valence electrons. The zero-order chi connectivity index (χ0) is 11.3. The molecule has 0 saturated carbocycles. The Hall–Kier alpha value is -1.34. The van der Waals surface area contributed by atoms with E-state index in [1.54, 1.807) is 6.20 Å². The first-order valence-electron chi connectivity index (χ1n) is 5.30. The van der Waals surface area contributed by atoms with E-state index < -0.39 is 0 Å². The molecule has 0 bridgehead atoms. The van der Waals surface area contributed by atoms with Gasteiger partial charge in [-0.2, -0.15) is 10.4 Å². The van der Waals surface area contributed by atoms with Crippen molar-refractivity contribution in [3.8, 4) is 6.07 Å². The van der Waals surface area contributed by atoms with Crippen molar-refractivity contribution in [2.75, 3.05) is 0 Å². The first-order chi connectivity index (χ1) is 7.19. The normalized spacial score (nSPS) is 14.5. The average Bonchev–Trinajstić information content (AvgIpc) is 2.63. The lowest BCUT2D eigenvalue weighted by atomic mass is 10.1. The number of hydrogen-bond donors (Lipinski definition) is 1. The van der Waals surface area contributed by atoms with Crippen molar-refractivity contribution >= 4 is 0 Å². The van der Waals surface area contributed by atoms with Crippen molar-refractivity contribution < 1.29 is 0 Å². The van der Waals surface area contributed by atoms with Gasteiger partial charge in [0, 0.05) is 25.3 Å². The summed E-state index contributed by atoms with van der Waals surface area (Å²) in [5.74, 6) is 0. The Morgan fingerprint density at radius 2 is 2.40 bits per heavy atom. The van der Waals surface area contributed by atoms with Gasteiger partial charge in [-0.1, -0.05) is 6.92 Å². The molecule has 0 fully saturated rings. The van der Waals surface area contributed by atoms with Gasteiger partial charge in [0.15, 0.2) is 0 Å². The van der Waals surface area contributed by atoms with Gasteiger partial charge in [-0.3, -0.25) is 4.68 Å². The molecule has 4 heteroatoms. The van der Waals surface area contributed by atoms with Crippen LogP contribution in [0.2, 0.25) is 0 Å². The highest BCUT2D eigenvalue weighted by atomic mass is 15.3.